The topological polar surface area (TPSA) is 93.2 Å². The van der Waals surface area contributed by atoms with Crippen molar-refractivity contribution in [1.82, 2.24) is 14.9 Å². The maximum Gasteiger partial charge on any atom is 0.271 e. The Morgan fingerprint density at radius 1 is 1.47 bits per heavy atom. The number of hydrogen-bond donors (Lipinski definition) is 3. The molecular weight excluding hydrogens is 220 g/mol. The summed E-state index contributed by atoms with van der Waals surface area (Å²) >= 11 is 0. The number of nitrogens with one attached hydrogen (secondary N) is 1. The van der Waals surface area contributed by atoms with Crippen molar-refractivity contribution >= 4 is 5.91 Å². The van der Waals surface area contributed by atoms with Gasteiger partial charge < -0.3 is 20.7 Å². The van der Waals surface area contributed by atoms with Gasteiger partial charge in [-0.15, -0.1) is 0 Å². The van der Waals surface area contributed by atoms with Crippen molar-refractivity contribution in [1.29, 1.82) is 0 Å². The fourth-order valence-electron chi connectivity index (χ4n) is 1.45. The molecule has 0 unspecified atom stereocenters. The summed E-state index contributed by atoms with van der Waals surface area (Å²) in [4.78, 5) is 15.6. The van der Waals surface area contributed by atoms with Gasteiger partial charge in [0, 0.05) is 32.4 Å². The summed E-state index contributed by atoms with van der Waals surface area (Å²) in [5.41, 5.74) is 5.82. The fraction of sp³-hybridized carbons (Fsp3) is 0.636. The van der Waals surface area contributed by atoms with Crippen molar-refractivity contribution in [3.8, 4) is 0 Å². The SMILES string of the molecule is NCCn1cnc(C(=O)NCCCCCO)c1. The Morgan fingerprint density at radius 3 is 3.00 bits per heavy atom. The van der Waals surface area contributed by atoms with Crippen LogP contribution in [0, 0.1) is 0 Å². The first-order valence-corrected chi connectivity index (χ1v) is 5.89. The number of carbonyl (C=O) groups excluding carboxylic acids is 1. The molecule has 0 atom stereocenters. The molecule has 1 rings (SSSR count). The number of nitrogens with two attached hydrogens (primary N) is 1. The molecule has 1 aromatic rings. The van der Waals surface area contributed by atoms with Crippen LogP contribution in [-0.4, -0.2) is 40.3 Å². The van der Waals surface area contributed by atoms with Crippen LogP contribution in [0.1, 0.15) is 29.8 Å². The third-order valence-electron chi connectivity index (χ3n) is 2.37. The molecule has 0 spiro atoms. The van der Waals surface area contributed by atoms with E-state index in [9.17, 15) is 4.79 Å². The molecule has 0 saturated heterocycles. The normalized spacial score (nSPS) is 10.5. The Hall–Kier alpha value is -1.40. The van der Waals surface area contributed by atoms with Crippen LogP contribution in [-0.2, 0) is 6.54 Å². The first-order valence-electron chi connectivity index (χ1n) is 5.89. The van der Waals surface area contributed by atoms with Crippen molar-refractivity contribution in [2.24, 2.45) is 5.73 Å². The largest absolute Gasteiger partial charge is 0.396 e. The van der Waals surface area contributed by atoms with Gasteiger partial charge in [-0.2, -0.15) is 0 Å². The molecule has 0 fully saturated rings. The van der Waals surface area contributed by atoms with E-state index in [0.29, 0.717) is 25.3 Å². The summed E-state index contributed by atoms with van der Waals surface area (Å²) in [6.45, 7) is 2.01. The zero-order valence-corrected chi connectivity index (χ0v) is 9.93. The quantitative estimate of drug-likeness (QED) is 0.545. The smallest absolute Gasteiger partial charge is 0.271 e. The van der Waals surface area contributed by atoms with Crippen molar-refractivity contribution in [2.75, 3.05) is 19.7 Å². The van der Waals surface area contributed by atoms with Crippen LogP contribution in [0.3, 0.4) is 0 Å². The third-order valence-corrected chi connectivity index (χ3v) is 2.37. The van der Waals surface area contributed by atoms with E-state index >= 15 is 0 Å². The monoisotopic (exact) mass is 240 g/mol. The number of carbonyl (C=O) groups is 1. The zero-order chi connectivity index (χ0) is 12.5. The minimum atomic E-state index is -0.162. The Morgan fingerprint density at radius 2 is 2.29 bits per heavy atom. The van der Waals surface area contributed by atoms with E-state index in [1.807, 2.05) is 0 Å². The molecule has 0 aliphatic rings. The van der Waals surface area contributed by atoms with Crippen LogP contribution >= 0.6 is 0 Å². The Bertz CT molecular complexity index is 338. The summed E-state index contributed by atoms with van der Waals surface area (Å²) in [6, 6.07) is 0. The summed E-state index contributed by atoms with van der Waals surface area (Å²) in [5.74, 6) is -0.162. The average Bonchev–Trinajstić information content (AvgIpc) is 2.78. The number of unbranched alkanes of at least 4 members (excludes halogenated alkanes) is 2. The second kappa shape index (κ2) is 7.81. The lowest BCUT2D eigenvalue weighted by Crippen LogP contribution is -2.24. The molecule has 0 radical (unpaired) electrons. The molecule has 0 saturated carbocycles. The lowest BCUT2D eigenvalue weighted by molar-refractivity contribution is 0.0948. The zero-order valence-electron chi connectivity index (χ0n) is 9.93. The lowest BCUT2D eigenvalue weighted by atomic mass is 10.2. The van der Waals surface area contributed by atoms with Crippen molar-refractivity contribution in [2.45, 2.75) is 25.8 Å². The number of imidazole rings is 1. The van der Waals surface area contributed by atoms with Gasteiger partial charge in [0.1, 0.15) is 5.69 Å². The Kier molecular flexibility index (Phi) is 6.27. The highest BCUT2D eigenvalue weighted by Gasteiger charge is 2.07. The van der Waals surface area contributed by atoms with Gasteiger partial charge >= 0.3 is 0 Å². The second-order valence-electron chi connectivity index (χ2n) is 3.83. The van der Waals surface area contributed by atoms with E-state index in [1.165, 1.54) is 0 Å². The molecule has 96 valence electrons. The molecule has 0 aliphatic carbocycles. The molecule has 17 heavy (non-hydrogen) atoms. The lowest BCUT2D eigenvalue weighted by Gasteiger charge is -2.02. The standard InChI is InChI=1S/C11H20N4O2/c12-4-6-15-8-10(14-9-15)11(17)13-5-2-1-3-7-16/h8-9,16H,1-7,12H2,(H,13,17). The highest BCUT2D eigenvalue weighted by molar-refractivity contribution is 5.91. The van der Waals surface area contributed by atoms with Crippen LogP contribution in [0.15, 0.2) is 12.5 Å². The van der Waals surface area contributed by atoms with Gasteiger partial charge in [0.25, 0.3) is 5.91 Å². The molecule has 6 heteroatoms. The number of aliphatic hydroxyl groups excluding tert-OH is 1. The summed E-state index contributed by atoms with van der Waals surface area (Å²) in [7, 11) is 0. The maximum absolute atomic E-state index is 11.6. The van der Waals surface area contributed by atoms with E-state index in [0.717, 1.165) is 19.3 Å². The van der Waals surface area contributed by atoms with Crippen LogP contribution in [0.25, 0.3) is 0 Å². The van der Waals surface area contributed by atoms with E-state index in [4.69, 9.17) is 10.8 Å². The number of hydrogen-bond acceptors (Lipinski definition) is 4. The van der Waals surface area contributed by atoms with Crippen molar-refractivity contribution < 1.29 is 9.90 Å². The van der Waals surface area contributed by atoms with Gasteiger partial charge in [-0.25, -0.2) is 4.98 Å². The molecule has 0 bridgehead atoms. The first kappa shape index (κ1) is 13.7. The highest BCUT2D eigenvalue weighted by Crippen LogP contribution is 1.97. The van der Waals surface area contributed by atoms with Crippen molar-refractivity contribution in [3.63, 3.8) is 0 Å². The Balaban J connectivity index is 2.26. The highest BCUT2D eigenvalue weighted by atomic mass is 16.2. The molecular formula is C11H20N4O2. The molecule has 0 aliphatic heterocycles. The van der Waals surface area contributed by atoms with E-state index in [-0.39, 0.29) is 12.5 Å². The van der Waals surface area contributed by atoms with Gasteiger partial charge in [0.15, 0.2) is 0 Å². The number of nitrogens with zero attached hydrogens (tertiary/aromatic N) is 2. The van der Waals surface area contributed by atoms with Gasteiger partial charge in [-0.05, 0) is 19.3 Å². The van der Waals surface area contributed by atoms with Crippen LogP contribution in [0.4, 0.5) is 0 Å². The van der Waals surface area contributed by atoms with Gasteiger partial charge in [-0.1, -0.05) is 0 Å². The van der Waals surface area contributed by atoms with Crippen LogP contribution in [0.2, 0.25) is 0 Å². The van der Waals surface area contributed by atoms with Crippen molar-refractivity contribution in [3.05, 3.63) is 18.2 Å². The minimum absolute atomic E-state index is 0.162. The molecule has 1 heterocycles. The predicted octanol–water partition coefficient (Wildman–Crippen LogP) is -0.266. The van der Waals surface area contributed by atoms with E-state index in [2.05, 4.69) is 10.3 Å². The van der Waals surface area contributed by atoms with Crippen LogP contribution in [0.5, 0.6) is 0 Å². The number of amides is 1. The molecule has 0 aromatic carbocycles. The van der Waals surface area contributed by atoms with Gasteiger partial charge in [-0.3, -0.25) is 4.79 Å². The number of aromatic nitrogens is 2. The van der Waals surface area contributed by atoms with Gasteiger partial charge in [0.2, 0.25) is 0 Å². The second-order valence-corrected chi connectivity index (χ2v) is 3.83. The van der Waals surface area contributed by atoms with E-state index < -0.39 is 0 Å². The molecule has 1 aromatic heterocycles. The van der Waals surface area contributed by atoms with Gasteiger partial charge in [0.05, 0.1) is 6.33 Å². The number of rotatable bonds is 8. The number of aliphatic hydroxyl groups is 1. The summed E-state index contributed by atoms with van der Waals surface area (Å²) in [6.07, 6.45) is 5.86. The predicted molar refractivity (Wildman–Crippen MR) is 64.6 cm³/mol. The molecule has 6 nitrogen and oxygen atoms in total. The summed E-state index contributed by atoms with van der Waals surface area (Å²) in [5, 5.41) is 11.4. The average molecular weight is 240 g/mol. The molecule has 4 N–H and O–H groups in total. The fourth-order valence-corrected chi connectivity index (χ4v) is 1.45. The maximum atomic E-state index is 11.6. The minimum Gasteiger partial charge on any atom is -0.396 e. The summed E-state index contributed by atoms with van der Waals surface area (Å²) < 4.78 is 1.79. The first-order chi connectivity index (χ1) is 8.27. The molecule has 1 amide bonds. The van der Waals surface area contributed by atoms with Crippen LogP contribution < -0.4 is 11.1 Å². The third kappa shape index (κ3) is 4.97. The Labute approximate surface area is 101 Å². The van der Waals surface area contributed by atoms with E-state index in [1.54, 1.807) is 17.1 Å².